The van der Waals surface area contributed by atoms with Crippen molar-refractivity contribution in [3.05, 3.63) is 46.1 Å². The molecule has 0 saturated carbocycles. The second kappa shape index (κ2) is 4.32. The summed E-state index contributed by atoms with van der Waals surface area (Å²) in [4.78, 5) is 4.12. The number of hydrogen-bond acceptors (Lipinski definition) is 2. The molecule has 0 radical (unpaired) electrons. The molecule has 0 bridgehead atoms. The van der Waals surface area contributed by atoms with E-state index in [0.29, 0.717) is 21.3 Å². The molecular formula is C12H9Cl2NO. The lowest BCUT2D eigenvalue weighted by molar-refractivity contribution is 0.471. The molecule has 0 aliphatic rings. The molecular weight excluding hydrogens is 245 g/mol. The van der Waals surface area contributed by atoms with E-state index in [2.05, 4.69) is 4.98 Å². The summed E-state index contributed by atoms with van der Waals surface area (Å²) >= 11 is 11.9. The molecule has 4 heteroatoms. The molecule has 0 atom stereocenters. The molecule has 0 aliphatic heterocycles. The van der Waals surface area contributed by atoms with Crippen molar-refractivity contribution >= 4 is 23.2 Å². The summed E-state index contributed by atoms with van der Waals surface area (Å²) in [6, 6.07) is 6.82. The topological polar surface area (TPSA) is 33.1 Å². The molecule has 0 unspecified atom stereocenters. The monoisotopic (exact) mass is 253 g/mol. The number of rotatable bonds is 1. The van der Waals surface area contributed by atoms with Gasteiger partial charge in [-0.1, -0.05) is 23.2 Å². The number of nitrogens with zero attached hydrogens (tertiary/aromatic N) is 1. The van der Waals surface area contributed by atoms with E-state index in [1.807, 2.05) is 6.92 Å². The SMILES string of the molecule is Cc1ccnc(-c2ccc(Cl)cc2Cl)c1O. The molecule has 0 spiro atoms. The number of halogens is 2. The van der Waals surface area contributed by atoms with Crippen LogP contribution in [0.2, 0.25) is 10.0 Å². The number of hydrogen-bond donors (Lipinski definition) is 1. The Labute approximate surface area is 103 Å². The molecule has 0 saturated heterocycles. The Kier molecular flexibility index (Phi) is 3.03. The van der Waals surface area contributed by atoms with Crippen molar-refractivity contribution < 1.29 is 5.11 Å². The zero-order valence-corrected chi connectivity index (χ0v) is 10.0. The van der Waals surface area contributed by atoms with Crippen LogP contribution in [0.4, 0.5) is 0 Å². The first kappa shape index (κ1) is 11.2. The predicted molar refractivity (Wildman–Crippen MR) is 66.1 cm³/mol. The zero-order valence-electron chi connectivity index (χ0n) is 8.54. The van der Waals surface area contributed by atoms with Gasteiger partial charge in [-0.2, -0.15) is 0 Å². The van der Waals surface area contributed by atoms with Crippen molar-refractivity contribution in [3.8, 4) is 17.0 Å². The number of aryl methyl sites for hydroxylation is 1. The van der Waals surface area contributed by atoms with E-state index in [4.69, 9.17) is 23.2 Å². The van der Waals surface area contributed by atoms with Gasteiger partial charge in [0.15, 0.2) is 0 Å². The highest BCUT2D eigenvalue weighted by Gasteiger charge is 2.11. The van der Waals surface area contributed by atoms with E-state index in [0.717, 1.165) is 5.56 Å². The molecule has 1 N–H and O–H groups in total. The van der Waals surface area contributed by atoms with Crippen LogP contribution in [0.15, 0.2) is 30.5 Å². The molecule has 2 aromatic rings. The third kappa shape index (κ3) is 1.99. The van der Waals surface area contributed by atoms with E-state index in [-0.39, 0.29) is 5.75 Å². The molecule has 0 amide bonds. The van der Waals surface area contributed by atoms with E-state index in [1.54, 1.807) is 30.5 Å². The van der Waals surface area contributed by atoms with Crippen molar-refractivity contribution in [2.24, 2.45) is 0 Å². The standard InChI is InChI=1S/C12H9Cl2NO/c1-7-4-5-15-11(12(7)16)9-3-2-8(13)6-10(9)14/h2-6,16H,1H3. The van der Waals surface area contributed by atoms with Crippen molar-refractivity contribution in [1.29, 1.82) is 0 Å². The lowest BCUT2D eigenvalue weighted by atomic mass is 10.1. The van der Waals surface area contributed by atoms with Gasteiger partial charge >= 0.3 is 0 Å². The van der Waals surface area contributed by atoms with E-state index in [9.17, 15) is 5.11 Å². The average molecular weight is 254 g/mol. The Balaban J connectivity index is 2.63. The minimum Gasteiger partial charge on any atom is -0.505 e. The summed E-state index contributed by atoms with van der Waals surface area (Å²) in [5, 5.41) is 10.9. The van der Waals surface area contributed by atoms with Gasteiger partial charge < -0.3 is 5.11 Å². The Morgan fingerprint density at radius 1 is 1.19 bits per heavy atom. The Morgan fingerprint density at radius 2 is 1.94 bits per heavy atom. The Hall–Kier alpha value is -1.25. The lowest BCUT2D eigenvalue weighted by Crippen LogP contribution is -1.87. The van der Waals surface area contributed by atoms with Crippen LogP contribution in [0.1, 0.15) is 5.56 Å². The maximum Gasteiger partial charge on any atom is 0.144 e. The van der Waals surface area contributed by atoms with Crippen LogP contribution >= 0.6 is 23.2 Å². The van der Waals surface area contributed by atoms with Gasteiger partial charge in [0.2, 0.25) is 0 Å². The van der Waals surface area contributed by atoms with Gasteiger partial charge in [0.25, 0.3) is 0 Å². The average Bonchev–Trinajstić information content (AvgIpc) is 2.23. The molecule has 2 rings (SSSR count). The number of aromatic hydroxyl groups is 1. The lowest BCUT2D eigenvalue weighted by Gasteiger charge is -2.07. The van der Waals surface area contributed by atoms with Crippen molar-refractivity contribution in [2.75, 3.05) is 0 Å². The van der Waals surface area contributed by atoms with E-state index < -0.39 is 0 Å². The van der Waals surface area contributed by atoms with Gasteiger partial charge in [0, 0.05) is 16.8 Å². The van der Waals surface area contributed by atoms with Crippen LogP contribution in [0.5, 0.6) is 5.75 Å². The van der Waals surface area contributed by atoms with Gasteiger partial charge in [-0.25, -0.2) is 0 Å². The van der Waals surface area contributed by atoms with Crippen molar-refractivity contribution in [2.45, 2.75) is 6.92 Å². The molecule has 0 fully saturated rings. The van der Waals surface area contributed by atoms with Gasteiger partial charge in [-0.05, 0) is 36.8 Å². The summed E-state index contributed by atoms with van der Waals surface area (Å²) < 4.78 is 0. The van der Waals surface area contributed by atoms with Crippen molar-refractivity contribution in [1.82, 2.24) is 4.98 Å². The number of aromatic nitrogens is 1. The first-order chi connectivity index (χ1) is 7.59. The maximum absolute atomic E-state index is 9.89. The molecule has 16 heavy (non-hydrogen) atoms. The largest absolute Gasteiger partial charge is 0.505 e. The normalized spacial score (nSPS) is 10.4. The van der Waals surface area contributed by atoms with Crippen molar-refractivity contribution in [3.63, 3.8) is 0 Å². The highest BCUT2D eigenvalue weighted by molar-refractivity contribution is 6.36. The predicted octanol–water partition coefficient (Wildman–Crippen LogP) is 4.07. The Bertz CT molecular complexity index is 541. The van der Waals surface area contributed by atoms with Crippen LogP contribution in [0.25, 0.3) is 11.3 Å². The minimum absolute atomic E-state index is 0.145. The third-order valence-corrected chi connectivity index (χ3v) is 2.86. The van der Waals surface area contributed by atoms with Crippen LogP contribution in [0.3, 0.4) is 0 Å². The van der Waals surface area contributed by atoms with Gasteiger partial charge in [0.05, 0.1) is 5.02 Å². The number of pyridine rings is 1. The fourth-order valence-corrected chi connectivity index (χ4v) is 1.93. The summed E-state index contributed by atoms with van der Waals surface area (Å²) in [5.74, 6) is 0.145. The highest BCUT2D eigenvalue weighted by atomic mass is 35.5. The van der Waals surface area contributed by atoms with Crippen LogP contribution < -0.4 is 0 Å². The molecule has 0 aliphatic carbocycles. The molecule has 1 aromatic carbocycles. The quantitative estimate of drug-likeness (QED) is 0.832. The fraction of sp³-hybridized carbons (Fsp3) is 0.0833. The first-order valence-electron chi connectivity index (χ1n) is 4.69. The summed E-state index contributed by atoms with van der Waals surface area (Å²) in [5.41, 5.74) is 1.91. The maximum atomic E-state index is 9.89. The molecule has 2 nitrogen and oxygen atoms in total. The molecule has 1 aromatic heterocycles. The second-order valence-corrected chi connectivity index (χ2v) is 4.29. The summed E-state index contributed by atoms with van der Waals surface area (Å²) in [6.07, 6.45) is 1.63. The van der Waals surface area contributed by atoms with Crippen LogP contribution in [-0.2, 0) is 0 Å². The zero-order chi connectivity index (χ0) is 11.7. The van der Waals surface area contributed by atoms with E-state index >= 15 is 0 Å². The van der Waals surface area contributed by atoms with E-state index in [1.165, 1.54) is 0 Å². The number of benzene rings is 1. The van der Waals surface area contributed by atoms with Crippen LogP contribution in [0, 0.1) is 6.92 Å². The van der Waals surface area contributed by atoms with Gasteiger partial charge in [-0.15, -0.1) is 0 Å². The van der Waals surface area contributed by atoms with Crippen LogP contribution in [-0.4, -0.2) is 10.1 Å². The summed E-state index contributed by atoms with van der Waals surface area (Å²) in [6.45, 7) is 1.81. The second-order valence-electron chi connectivity index (χ2n) is 3.45. The fourth-order valence-electron chi connectivity index (χ4n) is 1.43. The highest BCUT2D eigenvalue weighted by Crippen LogP contribution is 2.35. The first-order valence-corrected chi connectivity index (χ1v) is 5.45. The molecule has 1 heterocycles. The Morgan fingerprint density at radius 3 is 2.62 bits per heavy atom. The summed E-state index contributed by atoms with van der Waals surface area (Å²) in [7, 11) is 0. The van der Waals surface area contributed by atoms with Gasteiger partial charge in [0.1, 0.15) is 11.4 Å². The van der Waals surface area contributed by atoms with Gasteiger partial charge in [-0.3, -0.25) is 4.98 Å². The smallest absolute Gasteiger partial charge is 0.144 e. The molecule has 82 valence electrons. The minimum atomic E-state index is 0.145. The third-order valence-electron chi connectivity index (χ3n) is 2.31.